The molecule has 1 unspecified atom stereocenters. The third kappa shape index (κ3) is 5.24. The van der Waals surface area contributed by atoms with Crippen molar-refractivity contribution in [2.24, 2.45) is 0 Å². The van der Waals surface area contributed by atoms with Crippen LogP contribution in [-0.2, 0) is 25.5 Å². The lowest BCUT2D eigenvalue weighted by molar-refractivity contribution is -0.274. The van der Waals surface area contributed by atoms with Crippen molar-refractivity contribution in [2.75, 3.05) is 6.61 Å². The number of carbonyl (C=O) groups excluding carboxylic acids is 2. The van der Waals surface area contributed by atoms with E-state index >= 15 is 0 Å². The van der Waals surface area contributed by atoms with E-state index in [0.717, 1.165) is 6.26 Å². The Morgan fingerprint density at radius 3 is 2.58 bits per heavy atom. The fourth-order valence-electron chi connectivity index (χ4n) is 3.81. The van der Waals surface area contributed by atoms with Crippen molar-refractivity contribution in [1.82, 2.24) is 9.78 Å². The van der Waals surface area contributed by atoms with Gasteiger partial charge in [-0.05, 0) is 23.8 Å². The number of aliphatic hydroxyl groups excluding tert-OH is 3. The van der Waals surface area contributed by atoms with Gasteiger partial charge in [-0.1, -0.05) is 54.0 Å². The molecule has 1 aliphatic rings. The van der Waals surface area contributed by atoms with E-state index < -0.39 is 49.1 Å². The molecule has 3 aromatic rings. The number of ether oxygens (including phenoxy) is 3. The molecule has 190 valence electrons. The third-order valence-electron chi connectivity index (χ3n) is 5.64. The number of nitrogens with zero attached hydrogens (tertiary/aromatic N) is 2. The van der Waals surface area contributed by atoms with Crippen molar-refractivity contribution in [3.63, 3.8) is 0 Å². The average molecular weight is 537 g/mol. The molecule has 1 saturated heterocycles. The zero-order chi connectivity index (χ0) is 26.0. The monoisotopic (exact) mass is 536 g/mol. The molecule has 2 heterocycles. The summed E-state index contributed by atoms with van der Waals surface area (Å²) in [5, 5.41) is 36.4. The molecule has 1 fully saturated rings. The molecule has 0 radical (unpaired) electrons. The number of rotatable bonds is 8. The molecule has 12 heteroatoms. The lowest BCUT2D eigenvalue weighted by Crippen LogP contribution is -2.61. The number of aliphatic hydroxyl groups is 3. The van der Waals surface area contributed by atoms with E-state index in [0.29, 0.717) is 26.5 Å². The van der Waals surface area contributed by atoms with Gasteiger partial charge in [0.05, 0.1) is 18.3 Å². The van der Waals surface area contributed by atoms with Crippen LogP contribution in [0.3, 0.4) is 0 Å². The van der Waals surface area contributed by atoms with Crippen LogP contribution in [-0.4, -0.2) is 74.2 Å². The number of benzene rings is 2. The highest BCUT2D eigenvalue weighted by Gasteiger charge is 2.48. The maximum atomic E-state index is 13.1. The molecule has 1 aliphatic heterocycles. The molecule has 0 spiro atoms. The first-order chi connectivity index (χ1) is 17.2. The van der Waals surface area contributed by atoms with E-state index in [1.54, 1.807) is 47.1 Å². The van der Waals surface area contributed by atoms with E-state index in [4.69, 9.17) is 37.4 Å². The molecule has 0 aliphatic carbocycles. The third-order valence-corrected chi connectivity index (χ3v) is 6.23. The molecule has 3 N–H and O–H groups in total. The van der Waals surface area contributed by atoms with Gasteiger partial charge >= 0.3 is 5.97 Å². The molecule has 2 aromatic carbocycles. The number of ketones is 1. The average Bonchev–Trinajstić information content (AvgIpc) is 3.23. The first-order valence-corrected chi connectivity index (χ1v) is 11.5. The summed E-state index contributed by atoms with van der Waals surface area (Å²) in [5.41, 5.74) is 1.22. The predicted octanol–water partition coefficient (Wildman–Crippen LogP) is 2.08. The normalized spacial score (nSPS) is 23.9. The second-order valence-electron chi connectivity index (χ2n) is 8.01. The van der Waals surface area contributed by atoms with E-state index in [1.165, 1.54) is 0 Å². The molecule has 5 atom stereocenters. The van der Waals surface area contributed by atoms with Crippen LogP contribution in [0.2, 0.25) is 10.0 Å². The van der Waals surface area contributed by atoms with Crippen LogP contribution in [0, 0.1) is 0 Å². The molecular formula is C24H22Cl2N2O8. The molecule has 0 saturated carbocycles. The molecule has 10 nitrogen and oxygen atoms in total. The van der Waals surface area contributed by atoms with Crippen LogP contribution in [0.25, 0.3) is 10.9 Å². The fourth-order valence-corrected chi connectivity index (χ4v) is 4.27. The number of esters is 1. The maximum Gasteiger partial charge on any atom is 0.361 e. The van der Waals surface area contributed by atoms with Gasteiger partial charge in [-0.25, -0.2) is 4.79 Å². The van der Waals surface area contributed by atoms with Crippen LogP contribution >= 0.6 is 23.2 Å². The van der Waals surface area contributed by atoms with Crippen LogP contribution in [0.1, 0.15) is 16.1 Å². The SMILES string of the molecule is C=COCC(=O)[C@H]1OC(OC(=O)c2nn(Cc3ccc(Cl)cc3Cl)c3ccccc23)[C@H](O)[C@@H](O)[C@@H]1O. The number of hydrogen-bond acceptors (Lipinski definition) is 9. The summed E-state index contributed by atoms with van der Waals surface area (Å²) in [6.45, 7) is 3.03. The van der Waals surface area contributed by atoms with Crippen molar-refractivity contribution >= 4 is 45.9 Å². The fraction of sp³-hybridized carbons (Fsp3) is 0.292. The number of halogens is 2. The van der Waals surface area contributed by atoms with Crippen LogP contribution in [0.5, 0.6) is 0 Å². The highest BCUT2D eigenvalue weighted by atomic mass is 35.5. The molecule has 1 aromatic heterocycles. The van der Waals surface area contributed by atoms with Crippen molar-refractivity contribution in [1.29, 1.82) is 0 Å². The number of para-hydroxylation sites is 1. The number of fused-ring (bicyclic) bond motifs is 1. The minimum absolute atomic E-state index is 0.0926. The minimum Gasteiger partial charge on any atom is -0.494 e. The molecule has 0 amide bonds. The Kier molecular flexibility index (Phi) is 7.94. The van der Waals surface area contributed by atoms with Crippen molar-refractivity contribution < 1.29 is 39.1 Å². The van der Waals surface area contributed by atoms with Gasteiger partial charge in [-0.3, -0.25) is 9.48 Å². The maximum absolute atomic E-state index is 13.1. The lowest BCUT2D eigenvalue weighted by Gasteiger charge is -2.38. The Bertz CT molecular complexity index is 1300. The number of Topliss-reactive ketones (excluding diaryl/α,β-unsaturated/α-hetero) is 1. The van der Waals surface area contributed by atoms with Crippen LogP contribution in [0.15, 0.2) is 55.3 Å². The summed E-state index contributed by atoms with van der Waals surface area (Å²) in [7, 11) is 0. The summed E-state index contributed by atoms with van der Waals surface area (Å²) in [6.07, 6.45) is -7.76. The number of hydrogen-bond donors (Lipinski definition) is 3. The Morgan fingerprint density at radius 1 is 1.11 bits per heavy atom. The summed E-state index contributed by atoms with van der Waals surface area (Å²) in [6, 6.07) is 11.9. The molecular weight excluding hydrogens is 515 g/mol. The van der Waals surface area contributed by atoms with E-state index in [9.17, 15) is 24.9 Å². The van der Waals surface area contributed by atoms with Gasteiger partial charge in [0.15, 0.2) is 11.8 Å². The first kappa shape index (κ1) is 26.1. The quantitative estimate of drug-likeness (QED) is 0.291. The van der Waals surface area contributed by atoms with Gasteiger partial charge in [-0.15, -0.1) is 0 Å². The summed E-state index contributed by atoms with van der Waals surface area (Å²) < 4.78 is 17.0. The van der Waals surface area contributed by atoms with Crippen LogP contribution < -0.4 is 0 Å². The summed E-state index contributed by atoms with van der Waals surface area (Å²) in [4.78, 5) is 25.4. The van der Waals surface area contributed by atoms with Crippen molar-refractivity contribution in [2.45, 2.75) is 37.3 Å². The standard InChI is InChI=1S/C24H22Cl2N2O8/c1-2-34-11-17(29)22-20(31)19(30)21(32)24(35-22)36-23(33)18-14-5-3-4-6-16(14)28(27-18)10-12-7-8-13(25)9-15(12)26/h2-9,19-22,24,30-32H,1,10-11H2/t19-,20-,21+,22+,24?/m0/s1. The molecule has 36 heavy (non-hydrogen) atoms. The van der Waals surface area contributed by atoms with Crippen molar-refractivity contribution in [3.8, 4) is 0 Å². The molecule has 0 bridgehead atoms. The zero-order valence-electron chi connectivity index (χ0n) is 18.7. The largest absolute Gasteiger partial charge is 0.494 e. The van der Waals surface area contributed by atoms with E-state index in [2.05, 4.69) is 11.7 Å². The summed E-state index contributed by atoms with van der Waals surface area (Å²) >= 11 is 12.3. The second kappa shape index (κ2) is 11.0. The predicted molar refractivity (Wildman–Crippen MR) is 129 cm³/mol. The van der Waals surface area contributed by atoms with Gasteiger partial charge in [0.1, 0.15) is 24.9 Å². The lowest BCUT2D eigenvalue weighted by atomic mass is 9.96. The summed E-state index contributed by atoms with van der Waals surface area (Å²) in [5.74, 6) is -1.72. The van der Waals surface area contributed by atoms with Gasteiger partial charge in [0.25, 0.3) is 0 Å². The second-order valence-corrected chi connectivity index (χ2v) is 8.85. The highest BCUT2D eigenvalue weighted by molar-refractivity contribution is 6.35. The Balaban J connectivity index is 1.59. The Morgan fingerprint density at radius 2 is 1.86 bits per heavy atom. The number of aromatic nitrogens is 2. The Labute approximate surface area is 215 Å². The van der Waals surface area contributed by atoms with Gasteiger partial charge in [-0.2, -0.15) is 5.10 Å². The highest BCUT2D eigenvalue weighted by Crippen LogP contribution is 2.27. The van der Waals surface area contributed by atoms with Crippen molar-refractivity contribution in [3.05, 3.63) is 76.6 Å². The van der Waals surface area contributed by atoms with Gasteiger partial charge in [0, 0.05) is 15.4 Å². The van der Waals surface area contributed by atoms with Gasteiger partial charge in [0.2, 0.25) is 12.1 Å². The topological polar surface area (TPSA) is 140 Å². The van der Waals surface area contributed by atoms with E-state index in [1.807, 2.05) is 0 Å². The first-order valence-electron chi connectivity index (χ1n) is 10.8. The van der Waals surface area contributed by atoms with E-state index in [-0.39, 0.29) is 12.2 Å². The Hall–Kier alpha value is -2.99. The number of carbonyl (C=O) groups is 2. The molecule has 4 rings (SSSR count). The van der Waals surface area contributed by atoms with Crippen LogP contribution in [0.4, 0.5) is 0 Å². The van der Waals surface area contributed by atoms with Gasteiger partial charge < -0.3 is 29.5 Å². The zero-order valence-corrected chi connectivity index (χ0v) is 20.2. The smallest absolute Gasteiger partial charge is 0.361 e. The minimum atomic E-state index is -1.82.